The van der Waals surface area contributed by atoms with Crippen molar-refractivity contribution in [2.45, 2.75) is 5.92 Å². The van der Waals surface area contributed by atoms with E-state index in [0.717, 1.165) is 0 Å². The van der Waals surface area contributed by atoms with E-state index in [-0.39, 0.29) is 30.0 Å². The first-order chi connectivity index (χ1) is 14.1. The smallest absolute Gasteiger partial charge is 0.407 e. The minimum Gasteiger partial charge on any atom is -0.449 e. The Balaban J connectivity index is 1.34. The van der Waals surface area contributed by atoms with Crippen LogP contribution in [0.5, 0.6) is 0 Å². The van der Waals surface area contributed by atoms with Crippen LogP contribution in [0.3, 0.4) is 0 Å². The van der Waals surface area contributed by atoms with Gasteiger partial charge in [-0.25, -0.2) is 14.8 Å². The Labute approximate surface area is 173 Å². The molecule has 146 valence electrons. The van der Waals surface area contributed by atoms with Gasteiger partial charge in [0.05, 0.1) is 6.20 Å². The SMILES string of the molecule is Nc1ncc(Cl)nc1C=CCNC(=O)OCC1c2ccccc2-c2ccccc21. The molecule has 0 bridgehead atoms. The number of amides is 1. The maximum absolute atomic E-state index is 12.1. The largest absolute Gasteiger partial charge is 0.449 e. The van der Waals surface area contributed by atoms with E-state index in [0.29, 0.717) is 5.69 Å². The third-order valence-corrected chi connectivity index (χ3v) is 4.97. The van der Waals surface area contributed by atoms with Crippen molar-refractivity contribution in [3.05, 3.63) is 82.8 Å². The summed E-state index contributed by atoms with van der Waals surface area (Å²) in [4.78, 5) is 20.1. The van der Waals surface area contributed by atoms with Crippen molar-refractivity contribution >= 4 is 29.6 Å². The third-order valence-electron chi connectivity index (χ3n) is 4.78. The van der Waals surface area contributed by atoms with Gasteiger partial charge in [0.25, 0.3) is 0 Å². The minimum atomic E-state index is -0.485. The molecule has 0 atom stereocenters. The van der Waals surface area contributed by atoms with E-state index in [2.05, 4.69) is 39.6 Å². The van der Waals surface area contributed by atoms with E-state index in [9.17, 15) is 4.79 Å². The van der Waals surface area contributed by atoms with E-state index in [1.54, 1.807) is 12.2 Å². The summed E-state index contributed by atoms with van der Waals surface area (Å²) >= 11 is 5.80. The van der Waals surface area contributed by atoms with Crippen molar-refractivity contribution < 1.29 is 9.53 Å². The zero-order chi connectivity index (χ0) is 20.2. The molecule has 0 fully saturated rings. The summed E-state index contributed by atoms with van der Waals surface area (Å²) < 4.78 is 5.48. The van der Waals surface area contributed by atoms with Crippen molar-refractivity contribution in [1.82, 2.24) is 15.3 Å². The molecule has 4 rings (SSSR count). The van der Waals surface area contributed by atoms with Gasteiger partial charge in [0.15, 0.2) is 0 Å². The molecule has 1 heterocycles. The summed E-state index contributed by atoms with van der Waals surface area (Å²) in [5.41, 5.74) is 10.9. The number of carbonyl (C=O) groups excluding carboxylic acids is 1. The summed E-state index contributed by atoms with van der Waals surface area (Å²) in [6.07, 6.45) is 4.25. The van der Waals surface area contributed by atoms with Gasteiger partial charge < -0.3 is 15.8 Å². The van der Waals surface area contributed by atoms with Gasteiger partial charge in [0.2, 0.25) is 0 Å². The molecule has 0 saturated heterocycles. The number of rotatable bonds is 5. The van der Waals surface area contributed by atoms with Gasteiger partial charge in [-0.05, 0) is 28.3 Å². The zero-order valence-electron chi connectivity index (χ0n) is 15.5. The zero-order valence-corrected chi connectivity index (χ0v) is 16.3. The average Bonchev–Trinajstić information content (AvgIpc) is 3.06. The Morgan fingerprint density at radius 1 is 1.14 bits per heavy atom. The van der Waals surface area contributed by atoms with Crippen molar-refractivity contribution in [3.63, 3.8) is 0 Å². The monoisotopic (exact) mass is 406 g/mol. The van der Waals surface area contributed by atoms with Gasteiger partial charge in [-0.15, -0.1) is 0 Å². The number of hydrogen-bond acceptors (Lipinski definition) is 5. The van der Waals surface area contributed by atoms with E-state index in [1.807, 2.05) is 24.3 Å². The first-order valence-corrected chi connectivity index (χ1v) is 9.54. The number of nitrogen functional groups attached to an aromatic ring is 1. The predicted octanol–water partition coefficient (Wildman–Crippen LogP) is 4.26. The summed E-state index contributed by atoms with van der Waals surface area (Å²) in [7, 11) is 0. The highest BCUT2D eigenvalue weighted by Crippen LogP contribution is 2.44. The van der Waals surface area contributed by atoms with Crippen molar-refractivity contribution in [1.29, 1.82) is 0 Å². The second-order valence-electron chi connectivity index (χ2n) is 6.57. The molecule has 1 aliphatic rings. The number of nitrogens with zero attached hydrogens (tertiary/aromatic N) is 2. The van der Waals surface area contributed by atoms with E-state index < -0.39 is 6.09 Å². The van der Waals surface area contributed by atoms with E-state index in [1.165, 1.54) is 28.5 Å². The number of aromatic nitrogens is 2. The molecule has 7 heteroatoms. The molecule has 0 unspecified atom stereocenters. The highest BCUT2D eigenvalue weighted by Gasteiger charge is 2.28. The quantitative estimate of drug-likeness (QED) is 0.660. The Kier molecular flexibility index (Phi) is 5.44. The van der Waals surface area contributed by atoms with Gasteiger partial charge in [0, 0.05) is 12.5 Å². The number of nitrogens with one attached hydrogen (secondary N) is 1. The molecule has 0 aliphatic heterocycles. The second kappa shape index (κ2) is 8.32. The Morgan fingerprint density at radius 2 is 1.79 bits per heavy atom. The number of anilines is 1. The average molecular weight is 407 g/mol. The van der Waals surface area contributed by atoms with Crippen LogP contribution in [0, 0.1) is 0 Å². The molecule has 0 spiro atoms. The Morgan fingerprint density at radius 3 is 2.48 bits per heavy atom. The van der Waals surface area contributed by atoms with Crippen molar-refractivity contribution in [2.75, 3.05) is 18.9 Å². The molecular formula is C22H19ClN4O2. The molecule has 0 saturated carbocycles. The van der Waals surface area contributed by atoms with Crippen molar-refractivity contribution in [2.24, 2.45) is 0 Å². The number of alkyl carbamates (subject to hydrolysis) is 1. The van der Waals surface area contributed by atoms with Crippen LogP contribution >= 0.6 is 11.6 Å². The lowest BCUT2D eigenvalue weighted by atomic mass is 9.98. The Bertz CT molecular complexity index is 1040. The van der Waals surface area contributed by atoms with Crippen LogP contribution in [0.15, 0.2) is 60.8 Å². The fourth-order valence-electron chi connectivity index (χ4n) is 3.48. The van der Waals surface area contributed by atoms with Crippen LogP contribution in [-0.4, -0.2) is 29.2 Å². The number of halogens is 1. The van der Waals surface area contributed by atoms with E-state index in [4.69, 9.17) is 22.1 Å². The first-order valence-electron chi connectivity index (χ1n) is 9.17. The summed E-state index contributed by atoms with van der Waals surface area (Å²) in [5.74, 6) is 0.303. The van der Waals surface area contributed by atoms with Gasteiger partial charge in [-0.1, -0.05) is 66.2 Å². The normalized spacial score (nSPS) is 12.6. The van der Waals surface area contributed by atoms with Gasteiger partial charge in [-0.3, -0.25) is 0 Å². The van der Waals surface area contributed by atoms with Gasteiger partial charge in [0.1, 0.15) is 23.3 Å². The van der Waals surface area contributed by atoms with Crippen LogP contribution in [0.4, 0.5) is 10.6 Å². The van der Waals surface area contributed by atoms with Crippen LogP contribution in [0.2, 0.25) is 5.15 Å². The lowest BCUT2D eigenvalue weighted by Gasteiger charge is -2.14. The number of nitrogens with two attached hydrogens (primary N) is 1. The standard InChI is InChI=1S/C22H19ClN4O2/c23-20-12-26-21(24)19(27-20)10-5-11-25-22(28)29-13-18-16-8-3-1-6-14(16)15-7-2-4-9-17(15)18/h1-10,12,18H,11,13H2,(H2,24,26)(H,25,28). The second-order valence-corrected chi connectivity index (χ2v) is 6.96. The number of hydrogen-bond donors (Lipinski definition) is 2. The number of ether oxygens (including phenoxy) is 1. The Hall–Kier alpha value is -3.38. The first kappa shape index (κ1) is 19.0. The molecule has 3 N–H and O–H groups in total. The highest BCUT2D eigenvalue weighted by atomic mass is 35.5. The van der Waals surface area contributed by atoms with Gasteiger partial charge >= 0.3 is 6.09 Å². The minimum absolute atomic E-state index is 0.0326. The van der Waals surface area contributed by atoms with Crippen LogP contribution < -0.4 is 11.1 Å². The molecule has 0 radical (unpaired) electrons. The molecular weight excluding hydrogens is 388 g/mol. The molecule has 29 heavy (non-hydrogen) atoms. The predicted molar refractivity (Wildman–Crippen MR) is 114 cm³/mol. The molecule has 1 aliphatic carbocycles. The molecule has 6 nitrogen and oxygen atoms in total. The number of carbonyl (C=O) groups is 1. The van der Waals surface area contributed by atoms with Crippen LogP contribution in [-0.2, 0) is 4.74 Å². The number of fused-ring (bicyclic) bond motifs is 3. The lowest BCUT2D eigenvalue weighted by Crippen LogP contribution is -2.26. The summed E-state index contributed by atoms with van der Waals surface area (Å²) in [6.45, 7) is 0.542. The van der Waals surface area contributed by atoms with Crippen molar-refractivity contribution in [3.8, 4) is 11.1 Å². The fourth-order valence-corrected chi connectivity index (χ4v) is 3.61. The summed E-state index contributed by atoms with van der Waals surface area (Å²) in [6, 6.07) is 16.4. The van der Waals surface area contributed by atoms with Crippen LogP contribution in [0.25, 0.3) is 17.2 Å². The topological polar surface area (TPSA) is 90.1 Å². The fraction of sp³-hybridized carbons (Fsp3) is 0.136. The van der Waals surface area contributed by atoms with Gasteiger partial charge in [-0.2, -0.15) is 0 Å². The highest BCUT2D eigenvalue weighted by molar-refractivity contribution is 6.29. The number of benzene rings is 2. The maximum Gasteiger partial charge on any atom is 0.407 e. The molecule has 3 aromatic rings. The summed E-state index contributed by atoms with van der Waals surface area (Å²) in [5, 5.41) is 2.94. The maximum atomic E-state index is 12.1. The third kappa shape index (κ3) is 4.07. The van der Waals surface area contributed by atoms with E-state index >= 15 is 0 Å². The lowest BCUT2D eigenvalue weighted by molar-refractivity contribution is 0.144. The molecule has 1 amide bonds. The molecule has 2 aromatic carbocycles. The van der Waals surface area contributed by atoms with Crippen LogP contribution in [0.1, 0.15) is 22.7 Å². The molecule has 1 aromatic heterocycles.